The lowest BCUT2D eigenvalue weighted by Crippen LogP contribution is -2.25. The van der Waals surface area contributed by atoms with Crippen LogP contribution >= 0.6 is 0 Å². The fourth-order valence-corrected chi connectivity index (χ4v) is 1.87. The number of Topliss-reactive ketones (excluding diaryl/α,β-unsaturated/α-hetero) is 1. The molecule has 0 amide bonds. The van der Waals surface area contributed by atoms with Gasteiger partial charge in [-0.3, -0.25) is 4.79 Å². The lowest BCUT2D eigenvalue weighted by molar-refractivity contribution is -0.120. The molecule has 0 bridgehead atoms. The van der Waals surface area contributed by atoms with Gasteiger partial charge in [0.15, 0.2) is 0 Å². The summed E-state index contributed by atoms with van der Waals surface area (Å²) in [7, 11) is 0. The Morgan fingerprint density at radius 3 is 2.33 bits per heavy atom. The Morgan fingerprint density at radius 1 is 1.13 bits per heavy atom. The molecule has 3 heteroatoms. The predicted octanol–water partition coefficient (Wildman–Crippen LogP) is 2.75. The minimum Gasteiger partial charge on any atom is -0.382 e. The van der Waals surface area contributed by atoms with Gasteiger partial charge in [0.05, 0.1) is 0 Å². The molecule has 1 aromatic rings. The average Bonchev–Trinajstić information content (AvgIpc) is 2.25. The van der Waals surface area contributed by atoms with E-state index in [4.69, 9.17) is 0 Å². The van der Waals surface area contributed by atoms with E-state index >= 15 is 0 Å². The first kappa shape index (κ1) is 10.1. The molecule has 0 atom stereocenters. The molecule has 0 radical (unpaired) electrons. The third kappa shape index (κ3) is 2.78. The van der Waals surface area contributed by atoms with Gasteiger partial charge in [0.25, 0.3) is 0 Å². The highest BCUT2D eigenvalue weighted by Gasteiger charge is 2.17. The molecule has 1 saturated carbocycles. The van der Waals surface area contributed by atoms with Crippen molar-refractivity contribution in [1.82, 2.24) is 0 Å². The summed E-state index contributed by atoms with van der Waals surface area (Å²) in [4.78, 5) is 11.0. The second-order valence-corrected chi connectivity index (χ2v) is 3.96. The smallest absolute Gasteiger partial charge is 0.133 e. The van der Waals surface area contributed by atoms with Gasteiger partial charge in [0.2, 0.25) is 0 Å². The van der Waals surface area contributed by atoms with E-state index in [0.717, 1.165) is 18.5 Å². The summed E-state index contributed by atoms with van der Waals surface area (Å²) in [5.74, 6) is 0.131. The third-order valence-corrected chi connectivity index (χ3v) is 2.76. The molecular formula is C12H14FNO. The van der Waals surface area contributed by atoms with Crippen molar-refractivity contribution in [2.75, 3.05) is 5.32 Å². The molecule has 0 saturated heterocycles. The number of rotatable bonds is 2. The topological polar surface area (TPSA) is 29.1 Å². The van der Waals surface area contributed by atoms with Crippen LogP contribution in [0.1, 0.15) is 25.7 Å². The molecule has 0 spiro atoms. The quantitative estimate of drug-likeness (QED) is 0.807. The fourth-order valence-electron chi connectivity index (χ4n) is 1.87. The number of carbonyl (C=O) groups is 1. The summed E-state index contributed by atoms with van der Waals surface area (Å²) >= 11 is 0. The number of carbonyl (C=O) groups excluding carboxylic acids is 1. The van der Waals surface area contributed by atoms with Crippen LogP contribution in [0.15, 0.2) is 24.3 Å². The number of ketones is 1. The molecule has 0 aliphatic heterocycles. The van der Waals surface area contributed by atoms with Gasteiger partial charge >= 0.3 is 0 Å². The molecule has 1 aliphatic carbocycles. The molecule has 2 nitrogen and oxygen atoms in total. The van der Waals surface area contributed by atoms with E-state index in [-0.39, 0.29) is 5.82 Å². The van der Waals surface area contributed by atoms with Gasteiger partial charge < -0.3 is 5.32 Å². The standard InChI is InChI=1S/C12H14FNO/c13-9-1-3-10(4-2-9)14-11-5-7-12(15)8-6-11/h1-4,11,14H,5-8H2. The van der Waals surface area contributed by atoms with Crippen LogP contribution in [0.5, 0.6) is 0 Å². The van der Waals surface area contributed by atoms with E-state index in [1.165, 1.54) is 12.1 Å². The Balaban J connectivity index is 1.91. The predicted molar refractivity (Wildman–Crippen MR) is 57.3 cm³/mol. The molecule has 0 unspecified atom stereocenters. The summed E-state index contributed by atoms with van der Waals surface area (Å²) < 4.78 is 12.6. The largest absolute Gasteiger partial charge is 0.382 e. The second kappa shape index (κ2) is 4.43. The zero-order valence-electron chi connectivity index (χ0n) is 8.50. The van der Waals surface area contributed by atoms with Crippen LogP contribution in [-0.4, -0.2) is 11.8 Å². The zero-order valence-corrected chi connectivity index (χ0v) is 8.50. The Labute approximate surface area is 88.5 Å². The highest BCUT2D eigenvalue weighted by atomic mass is 19.1. The number of benzene rings is 1. The lowest BCUT2D eigenvalue weighted by atomic mass is 9.94. The summed E-state index contributed by atoms with van der Waals surface area (Å²) in [5.41, 5.74) is 0.927. The molecule has 0 heterocycles. The molecule has 80 valence electrons. The Hall–Kier alpha value is -1.38. The maximum Gasteiger partial charge on any atom is 0.133 e. The monoisotopic (exact) mass is 207 g/mol. The van der Waals surface area contributed by atoms with Crippen molar-refractivity contribution in [3.05, 3.63) is 30.1 Å². The molecule has 15 heavy (non-hydrogen) atoms. The Bertz CT molecular complexity index is 337. The molecule has 2 rings (SSSR count). The minimum absolute atomic E-state index is 0.223. The van der Waals surface area contributed by atoms with E-state index in [9.17, 15) is 9.18 Å². The highest BCUT2D eigenvalue weighted by molar-refractivity contribution is 5.79. The number of hydrogen-bond donors (Lipinski definition) is 1. The van der Waals surface area contributed by atoms with Crippen LogP contribution in [0.3, 0.4) is 0 Å². The van der Waals surface area contributed by atoms with Crippen LogP contribution in [0.25, 0.3) is 0 Å². The van der Waals surface area contributed by atoms with E-state index in [1.807, 2.05) is 0 Å². The first-order chi connectivity index (χ1) is 7.24. The van der Waals surface area contributed by atoms with E-state index in [2.05, 4.69) is 5.32 Å². The van der Waals surface area contributed by atoms with Crippen molar-refractivity contribution in [3.63, 3.8) is 0 Å². The molecular weight excluding hydrogens is 193 g/mol. The van der Waals surface area contributed by atoms with Crippen LogP contribution in [0, 0.1) is 5.82 Å². The lowest BCUT2D eigenvalue weighted by Gasteiger charge is -2.23. The highest BCUT2D eigenvalue weighted by Crippen LogP contribution is 2.19. The van der Waals surface area contributed by atoms with Crippen LogP contribution in [-0.2, 0) is 4.79 Å². The van der Waals surface area contributed by atoms with Crippen molar-refractivity contribution in [3.8, 4) is 0 Å². The number of anilines is 1. The van der Waals surface area contributed by atoms with Gasteiger partial charge in [-0.2, -0.15) is 0 Å². The summed E-state index contributed by atoms with van der Waals surface area (Å²) in [6.07, 6.45) is 3.10. The normalized spacial score (nSPS) is 17.8. The van der Waals surface area contributed by atoms with Gasteiger partial charge in [0.1, 0.15) is 11.6 Å². The molecule has 0 aromatic heterocycles. The first-order valence-electron chi connectivity index (χ1n) is 5.28. The molecule has 1 N–H and O–H groups in total. The second-order valence-electron chi connectivity index (χ2n) is 3.96. The van der Waals surface area contributed by atoms with Gasteiger partial charge in [-0.05, 0) is 37.1 Å². The molecule has 1 aliphatic rings. The van der Waals surface area contributed by atoms with Crippen molar-refractivity contribution in [1.29, 1.82) is 0 Å². The van der Waals surface area contributed by atoms with E-state index < -0.39 is 0 Å². The van der Waals surface area contributed by atoms with E-state index in [0.29, 0.717) is 24.7 Å². The Kier molecular flexibility index (Phi) is 2.99. The molecule has 1 aromatic carbocycles. The Morgan fingerprint density at radius 2 is 1.73 bits per heavy atom. The fraction of sp³-hybridized carbons (Fsp3) is 0.417. The summed E-state index contributed by atoms with van der Waals surface area (Å²) in [6.45, 7) is 0. The SMILES string of the molecule is O=C1CCC(Nc2ccc(F)cc2)CC1. The van der Waals surface area contributed by atoms with Crippen LogP contribution in [0.2, 0.25) is 0 Å². The zero-order chi connectivity index (χ0) is 10.7. The summed E-state index contributed by atoms with van der Waals surface area (Å²) in [6, 6.07) is 6.69. The van der Waals surface area contributed by atoms with E-state index in [1.54, 1.807) is 12.1 Å². The maximum atomic E-state index is 12.6. The third-order valence-electron chi connectivity index (χ3n) is 2.76. The van der Waals surface area contributed by atoms with Gasteiger partial charge in [-0.1, -0.05) is 0 Å². The number of nitrogens with one attached hydrogen (secondary N) is 1. The minimum atomic E-state index is -0.223. The van der Waals surface area contributed by atoms with Crippen molar-refractivity contribution < 1.29 is 9.18 Å². The van der Waals surface area contributed by atoms with Crippen LogP contribution < -0.4 is 5.32 Å². The van der Waals surface area contributed by atoms with Gasteiger partial charge in [-0.15, -0.1) is 0 Å². The number of hydrogen-bond acceptors (Lipinski definition) is 2. The molecule has 1 fully saturated rings. The maximum absolute atomic E-state index is 12.6. The van der Waals surface area contributed by atoms with Crippen molar-refractivity contribution >= 4 is 11.5 Å². The number of halogens is 1. The van der Waals surface area contributed by atoms with Gasteiger partial charge in [0, 0.05) is 24.6 Å². The van der Waals surface area contributed by atoms with Gasteiger partial charge in [-0.25, -0.2) is 4.39 Å². The summed E-state index contributed by atoms with van der Waals surface area (Å²) in [5, 5.41) is 3.31. The van der Waals surface area contributed by atoms with Crippen molar-refractivity contribution in [2.24, 2.45) is 0 Å². The first-order valence-corrected chi connectivity index (χ1v) is 5.28. The average molecular weight is 207 g/mol. The van der Waals surface area contributed by atoms with Crippen molar-refractivity contribution in [2.45, 2.75) is 31.7 Å². The van der Waals surface area contributed by atoms with Crippen LogP contribution in [0.4, 0.5) is 10.1 Å².